The minimum Gasteiger partial charge on any atom is -0.485 e. The third-order valence-electron chi connectivity index (χ3n) is 3.16. The maximum Gasteiger partial charge on any atom is 0.138 e. The molecule has 2 unspecified atom stereocenters. The van der Waals surface area contributed by atoms with Crippen LogP contribution in [0.3, 0.4) is 0 Å². The van der Waals surface area contributed by atoms with Crippen molar-refractivity contribution >= 4 is 11.8 Å². The summed E-state index contributed by atoms with van der Waals surface area (Å²) < 4.78 is 5.88. The molecule has 0 radical (unpaired) electrons. The van der Waals surface area contributed by atoms with Gasteiger partial charge >= 0.3 is 0 Å². The first-order valence-electron chi connectivity index (χ1n) is 6.23. The van der Waals surface area contributed by atoms with Crippen LogP contribution in [0.1, 0.15) is 17.4 Å². The number of thioether (sulfide) groups is 1. The number of para-hydroxylation sites is 1. The number of hydrogen-bond acceptors (Lipinski definition) is 4. The van der Waals surface area contributed by atoms with Crippen LogP contribution in [0.15, 0.2) is 47.5 Å². The fraction of sp³-hybridized carbons (Fsp3) is 0.267. The van der Waals surface area contributed by atoms with Gasteiger partial charge in [-0.2, -0.15) is 0 Å². The van der Waals surface area contributed by atoms with Crippen molar-refractivity contribution in [3.05, 3.63) is 53.9 Å². The van der Waals surface area contributed by atoms with Crippen molar-refractivity contribution in [2.45, 2.75) is 24.0 Å². The van der Waals surface area contributed by atoms with E-state index in [2.05, 4.69) is 4.98 Å². The second-order valence-corrected chi connectivity index (χ2v) is 5.65. The SMILES string of the molecule is Cc1ccc(C(O)C2CSc3ccccc3O2)cn1. The molecule has 3 nitrogen and oxygen atoms in total. The highest BCUT2D eigenvalue weighted by atomic mass is 32.2. The average molecular weight is 273 g/mol. The Morgan fingerprint density at radius 2 is 2.16 bits per heavy atom. The molecule has 2 aromatic rings. The summed E-state index contributed by atoms with van der Waals surface area (Å²) in [5.74, 6) is 1.59. The second kappa shape index (κ2) is 5.23. The first-order chi connectivity index (χ1) is 9.24. The average Bonchev–Trinajstić information content (AvgIpc) is 2.47. The molecule has 98 valence electrons. The van der Waals surface area contributed by atoms with Crippen molar-refractivity contribution in [1.82, 2.24) is 4.98 Å². The van der Waals surface area contributed by atoms with Crippen molar-refractivity contribution in [2.75, 3.05) is 5.75 Å². The number of pyridine rings is 1. The minimum absolute atomic E-state index is 0.232. The third-order valence-corrected chi connectivity index (χ3v) is 4.30. The van der Waals surface area contributed by atoms with Crippen molar-refractivity contribution in [1.29, 1.82) is 0 Å². The smallest absolute Gasteiger partial charge is 0.138 e. The predicted octanol–water partition coefficient (Wildman–Crippen LogP) is 2.98. The summed E-state index contributed by atoms with van der Waals surface area (Å²) in [4.78, 5) is 5.35. The van der Waals surface area contributed by atoms with Crippen LogP contribution in [0.2, 0.25) is 0 Å². The second-order valence-electron chi connectivity index (χ2n) is 4.59. The quantitative estimate of drug-likeness (QED) is 0.913. The van der Waals surface area contributed by atoms with Gasteiger partial charge in [-0.05, 0) is 25.1 Å². The van der Waals surface area contributed by atoms with E-state index < -0.39 is 6.10 Å². The Labute approximate surface area is 116 Å². The number of aryl methyl sites for hydroxylation is 1. The molecule has 0 amide bonds. The van der Waals surface area contributed by atoms with E-state index in [1.807, 2.05) is 43.3 Å². The molecule has 2 atom stereocenters. The molecule has 2 heterocycles. The number of benzene rings is 1. The Balaban J connectivity index is 1.79. The van der Waals surface area contributed by atoms with Gasteiger partial charge in [-0.1, -0.05) is 18.2 Å². The van der Waals surface area contributed by atoms with Crippen LogP contribution >= 0.6 is 11.8 Å². The van der Waals surface area contributed by atoms with Crippen LogP contribution in [0.4, 0.5) is 0 Å². The number of aliphatic hydroxyl groups is 1. The molecule has 1 aliphatic heterocycles. The van der Waals surface area contributed by atoms with E-state index in [0.29, 0.717) is 0 Å². The molecule has 3 rings (SSSR count). The molecule has 1 aromatic heterocycles. The van der Waals surface area contributed by atoms with Crippen LogP contribution in [-0.4, -0.2) is 21.9 Å². The fourth-order valence-electron chi connectivity index (χ4n) is 2.06. The van der Waals surface area contributed by atoms with Crippen molar-refractivity contribution < 1.29 is 9.84 Å². The van der Waals surface area contributed by atoms with Gasteiger partial charge in [0.2, 0.25) is 0 Å². The van der Waals surface area contributed by atoms with Gasteiger partial charge in [0.1, 0.15) is 18.0 Å². The van der Waals surface area contributed by atoms with Gasteiger partial charge in [0.05, 0.1) is 0 Å². The number of aromatic nitrogens is 1. The van der Waals surface area contributed by atoms with E-state index in [-0.39, 0.29) is 6.10 Å². The van der Waals surface area contributed by atoms with Gasteiger partial charge in [0, 0.05) is 28.1 Å². The van der Waals surface area contributed by atoms with Crippen LogP contribution < -0.4 is 4.74 Å². The number of nitrogens with zero attached hydrogens (tertiary/aromatic N) is 1. The first-order valence-corrected chi connectivity index (χ1v) is 7.22. The lowest BCUT2D eigenvalue weighted by molar-refractivity contribution is 0.0455. The van der Waals surface area contributed by atoms with E-state index in [9.17, 15) is 5.11 Å². The number of fused-ring (bicyclic) bond motifs is 1. The van der Waals surface area contributed by atoms with Gasteiger partial charge in [-0.15, -0.1) is 11.8 Å². The van der Waals surface area contributed by atoms with E-state index >= 15 is 0 Å². The molecule has 0 aliphatic carbocycles. The number of ether oxygens (including phenoxy) is 1. The lowest BCUT2D eigenvalue weighted by Crippen LogP contribution is -2.30. The summed E-state index contributed by atoms with van der Waals surface area (Å²) in [5.41, 5.74) is 1.75. The molecule has 1 N–H and O–H groups in total. The number of rotatable bonds is 2. The van der Waals surface area contributed by atoms with Crippen LogP contribution in [0, 0.1) is 6.92 Å². The zero-order valence-corrected chi connectivity index (χ0v) is 11.4. The molecule has 0 fully saturated rings. The lowest BCUT2D eigenvalue weighted by atomic mass is 10.1. The predicted molar refractivity (Wildman–Crippen MR) is 75.5 cm³/mol. The summed E-state index contributed by atoms with van der Waals surface area (Å²) in [6, 6.07) is 11.7. The van der Waals surface area contributed by atoms with Gasteiger partial charge < -0.3 is 9.84 Å². The zero-order valence-electron chi connectivity index (χ0n) is 10.6. The maximum atomic E-state index is 10.4. The summed E-state index contributed by atoms with van der Waals surface area (Å²) in [5, 5.41) is 10.4. The molecule has 0 spiro atoms. The molecule has 1 aromatic carbocycles. The standard InChI is InChI=1S/C15H15NO2S/c1-10-6-7-11(8-16-10)15(17)13-9-19-14-5-3-2-4-12(14)18-13/h2-8,13,15,17H,9H2,1H3. The number of hydrogen-bond donors (Lipinski definition) is 1. The lowest BCUT2D eigenvalue weighted by Gasteiger charge is -2.29. The monoisotopic (exact) mass is 273 g/mol. The topological polar surface area (TPSA) is 42.4 Å². The Bertz CT molecular complexity index is 571. The Kier molecular flexibility index (Phi) is 3.44. The number of aliphatic hydroxyl groups excluding tert-OH is 1. The van der Waals surface area contributed by atoms with Crippen molar-refractivity contribution in [2.24, 2.45) is 0 Å². The molecule has 1 aliphatic rings. The minimum atomic E-state index is -0.644. The first kappa shape index (κ1) is 12.5. The van der Waals surface area contributed by atoms with Gasteiger partial charge in [0.15, 0.2) is 0 Å². The van der Waals surface area contributed by atoms with Crippen molar-refractivity contribution in [3.8, 4) is 5.75 Å². The molecule has 0 saturated heterocycles. The Morgan fingerprint density at radius 3 is 2.95 bits per heavy atom. The molecule has 0 bridgehead atoms. The zero-order chi connectivity index (χ0) is 13.2. The van der Waals surface area contributed by atoms with E-state index in [1.54, 1.807) is 18.0 Å². The summed E-state index contributed by atoms with van der Waals surface area (Å²) in [6.07, 6.45) is 0.840. The van der Waals surface area contributed by atoms with Gasteiger partial charge in [0.25, 0.3) is 0 Å². The largest absolute Gasteiger partial charge is 0.485 e. The molecule has 4 heteroatoms. The van der Waals surface area contributed by atoms with Crippen LogP contribution in [-0.2, 0) is 0 Å². The van der Waals surface area contributed by atoms with Crippen molar-refractivity contribution in [3.63, 3.8) is 0 Å². The third kappa shape index (κ3) is 2.60. The fourth-order valence-corrected chi connectivity index (χ4v) is 3.09. The highest BCUT2D eigenvalue weighted by molar-refractivity contribution is 7.99. The van der Waals surface area contributed by atoms with E-state index in [4.69, 9.17) is 4.74 Å². The highest BCUT2D eigenvalue weighted by Crippen LogP contribution is 2.38. The van der Waals surface area contributed by atoms with Crippen LogP contribution in [0.5, 0.6) is 5.75 Å². The summed E-state index contributed by atoms with van der Waals surface area (Å²) >= 11 is 1.72. The van der Waals surface area contributed by atoms with E-state index in [1.165, 1.54) is 0 Å². The highest BCUT2D eigenvalue weighted by Gasteiger charge is 2.27. The molecule has 19 heavy (non-hydrogen) atoms. The normalized spacial score (nSPS) is 19.4. The Hall–Kier alpha value is -1.52. The summed E-state index contributed by atoms with van der Waals surface area (Å²) in [6.45, 7) is 1.93. The molecule has 0 saturated carbocycles. The van der Waals surface area contributed by atoms with Gasteiger partial charge in [-0.25, -0.2) is 0 Å². The molecular weight excluding hydrogens is 258 g/mol. The van der Waals surface area contributed by atoms with Gasteiger partial charge in [-0.3, -0.25) is 4.98 Å². The maximum absolute atomic E-state index is 10.4. The van der Waals surface area contributed by atoms with E-state index in [0.717, 1.165) is 27.7 Å². The summed E-state index contributed by atoms with van der Waals surface area (Å²) in [7, 11) is 0. The van der Waals surface area contributed by atoms with Crippen LogP contribution in [0.25, 0.3) is 0 Å². The Morgan fingerprint density at radius 1 is 1.32 bits per heavy atom. The molecular formula is C15H15NO2S.